The van der Waals surface area contributed by atoms with Crippen molar-refractivity contribution >= 4 is 29.7 Å². The highest BCUT2D eigenvalue weighted by Gasteiger charge is 2.29. The van der Waals surface area contributed by atoms with Crippen LogP contribution < -0.4 is 27.4 Å². The topological polar surface area (TPSA) is 241 Å². The van der Waals surface area contributed by atoms with Crippen LogP contribution in [0.4, 0.5) is 0 Å². The quantitative estimate of drug-likeness (QED) is 0.0849. The van der Waals surface area contributed by atoms with Crippen LogP contribution in [0.5, 0.6) is 0 Å². The highest BCUT2D eigenvalue weighted by atomic mass is 16.4. The number of carboxylic acid groups (broad SMARTS) is 2. The zero-order chi connectivity index (χ0) is 21.9. The maximum atomic E-state index is 12.4. The molecule has 0 unspecified atom stereocenters. The van der Waals surface area contributed by atoms with Gasteiger partial charge in [-0.05, 0) is 26.2 Å². The molecule has 13 nitrogen and oxygen atoms in total. The van der Waals surface area contributed by atoms with Crippen molar-refractivity contribution in [1.82, 2.24) is 16.0 Å². The van der Waals surface area contributed by atoms with Gasteiger partial charge in [-0.2, -0.15) is 0 Å². The van der Waals surface area contributed by atoms with Gasteiger partial charge >= 0.3 is 11.9 Å². The molecule has 0 aromatic carbocycles. The van der Waals surface area contributed by atoms with Crippen LogP contribution in [0.15, 0.2) is 0 Å². The van der Waals surface area contributed by atoms with Gasteiger partial charge in [0.1, 0.15) is 18.1 Å². The molecule has 0 aliphatic heterocycles. The molecule has 4 atom stereocenters. The Balaban J connectivity index is 5.00. The summed E-state index contributed by atoms with van der Waals surface area (Å²) in [5.41, 5.74) is 10.6. The fraction of sp³-hybridized carbons (Fsp3) is 0.667. The third-order valence-corrected chi connectivity index (χ3v) is 3.70. The van der Waals surface area contributed by atoms with E-state index in [1.807, 2.05) is 0 Å². The Kier molecular flexibility index (Phi) is 11.2. The molecule has 0 spiro atoms. The van der Waals surface area contributed by atoms with Crippen molar-refractivity contribution in [3.63, 3.8) is 0 Å². The highest BCUT2D eigenvalue weighted by molar-refractivity contribution is 5.92. The standard InChI is InChI=1S/C15H28N6O7/c1-7(22)11(16)13(26)20-8(4-5-10(23)24)12(25)21-9(14(27)28)3-2-6-19-15(17)18/h7-9,11,22H,2-6,16H2,1H3,(H,20,26)(H,21,25)(H,23,24)(H,27,28)(H4,17,18,19)/t7-,8+,9+,11+/m1/s1. The van der Waals surface area contributed by atoms with E-state index in [1.54, 1.807) is 0 Å². The van der Waals surface area contributed by atoms with Crippen LogP contribution in [-0.2, 0) is 19.2 Å². The Morgan fingerprint density at radius 2 is 1.61 bits per heavy atom. The first-order chi connectivity index (χ1) is 13.0. The third kappa shape index (κ3) is 10.3. The van der Waals surface area contributed by atoms with E-state index in [0.29, 0.717) is 0 Å². The summed E-state index contributed by atoms with van der Waals surface area (Å²) in [7, 11) is 0. The number of hydrogen-bond acceptors (Lipinski definition) is 7. The fourth-order valence-corrected chi connectivity index (χ4v) is 2.08. The van der Waals surface area contributed by atoms with E-state index in [9.17, 15) is 29.4 Å². The second kappa shape index (κ2) is 12.5. The normalized spacial score (nSPS) is 14.8. The van der Waals surface area contributed by atoms with Crippen LogP contribution in [-0.4, -0.2) is 75.8 Å². The lowest BCUT2D eigenvalue weighted by Gasteiger charge is -2.23. The predicted octanol–water partition coefficient (Wildman–Crippen LogP) is -3.12. The molecule has 0 aromatic rings. The van der Waals surface area contributed by atoms with Gasteiger partial charge in [-0.1, -0.05) is 0 Å². The summed E-state index contributed by atoms with van der Waals surface area (Å²) in [6, 6.07) is -3.98. The minimum Gasteiger partial charge on any atom is -0.481 e. The van der Waals surface area contributed by atoms with Gasteiger partial charge in [0.2, 0.25) is 11.8 Å². The zero-order valence-electron chi connectivity index (χ0n) is 15.5. The lowest BCUT2D eigenvalue weighted by atomic mass is 10.1. The summed E-state index contributed by atoms with van der Waals surface area (Å²) in [6.07, 6.45) is -1.67. The van der Waals surface area contributed by atoms with Crippen LogP contribution >= 0.6 is 0 Å². The van der Waals surface area contributed by atoms with E-state index >= 15 is 0 Å². The van der Waals surface area contributed by atoms with Crippen LogP contribution in [0.1, 0.15) is 32.6 Å². The molecule has 0 rings (SSSR count). The van der Waals surface area contributed by atoms with E-state index in [-0.39, 0.29) is 31.8 Å². The Morgan fingerprint density at radius 3 is 2.07 bits per heavy atom. The number of carbonyl (C=O) groups excluding carboxylic acids is 2. The Bertz CT molecular complexity index is 583. The van der Waals surface area contributed by atoms with Crippen molar-refractivity contribution in [3.05, 3.63) is 0 Å². The number of nitrogens with two attached hydrogens (primary N) is 2. The van der Waals surface area contributed by atoms with Gasteiger partial charge in [0, 0.05) is 13.0 Å². The molecule has 160 valence electrons. The van der Waals surface area contributed by atoms with E-state index in [1.165, 1.54) is 6.92 Å². The van der Waals surface area contributed by atoms with Gasteiger partial charge in [0.05, 0.1) is 6.10 Å². The molecule has 0 aliphatic rings. The molecule has 28 heavy (non-hydrogen) atoms. The van der Waals surface area contributed by atoms with Gasteiger partial charge < -0.3 is 42.7 Å². The summed E-state index contributed by atoms with van der Waals surface area (Å²) in [4.78, 5) is 46.5. The first-order valence-electron chi connectivity index (χ1n) is 8.52. The SMILES string of the molecule is C[C@@H](O)[C@H](N)C(=O)N[C@@H](CCC(=O)O)C(=O)N[C@@H](CCCNC(=N)N)C(=O)O. The molecule has 0 saturated carbocycles. The van der Waals surface area contributed by atoms with Gasteiger partial charge in [0.25, 0.3) is 0 Å². The summed E-state index contributed by atoms with van der Waals surface area (Å²) < 4.78 is 0. The molecular formula is C15H28N6O7. The van der Waals surface area contributed by atoms with E-state index in [0.717, 1.165) is 0 Å². The molecule has 0 saturated heterocycles. The summed E-state index contributed by atoms with van der Waals surface area (Å²) >= 11 is 0. The van der Waals surface area contributed by atoms with Crippen molar-refractivity contribution in [2.45, 2.75) is 56.8 Å². The number of carbonyl (C=O) groups is 4. The van der Waals surface area contributed by atoms with Crippen molar-refractivity contribution in [2.75, 3.05) is 6.54 Å². The Labute approximate surface area is 161 Å². The molecule has 0 aromatic heterocycles. The first kappa shape index (κ1) is 25.1. The molecular weight excluding hydrogens is 376 g/mol. The smallest absolute Gasteiger partial charge is 0.326 e. The molecule has 2 amide bonds. The van der Waals surface area contributed by atoms with Crippen molar-refractivity contribution in [2.24, 2.45) is 11.5 Å². The number of nitrogens with one attached hydrogen (secondary N) is 4. The number of aliphatic hydroxyl groups is 1. The maximum Gasteiger partial charge on any atom is 0.326 e. The fourth-order valence-electron chi connectivity index (χ4n) is 2.08. The van der Waals surface area contributed by atoms with Crippen LogP contribution in [0.3, 0.4) is 0 Å². The average molecular weight is 404 g/mol. The molecule has 11 N–H and O–H groups in total. The number of carboxylic acids is 2. The monoisotopic (exact) mass is 404 g/mol. The second-order valence-electron chi connectivity index (χ2n) is 6.14. The van der Waals surface area contributed by atoms with Crippen molar-refractivity contribution < 1.29 is 34.5 Å². The lowest BCUT2D eigenvalue weighted by molar-refractivity contribution is -0.143. The number of guanidine groups is 1. The Morgan fingerprint density at radius 1 is 1.04 bits per heavy atom. The number of aliphatic hydroxyl groups excluding tert-OH is 1. The number of aliphatic carboxylic acids is 2. The predicted molar refractivity (Wildman–Crippen MR) is 97.2 cm³/mol. The molecule has 0 heterocycles. The van der Waals surface area contributed by atoms with Gasteiger partial charge in [-0.25, -0.2) is 4.79 Å². The van der Waals surface area contributed by atoms with Crippen molar-refractivity contribution in [1.29, 1.82) is 5.41 Å². The van der Waals surface area contributed by atoms with Crippen LogP contribution in [0.2, 0.25) is 0 Å². The third-order valence-electron chi connectivity index (χ3n) is 3.70. The lowest BCUT2D eigenvalue weighted by Crippen LogP contribution is -2.56. The molecule has 0 radical (unpaired) electrons. The van der Waals surface area contributed by atoms with Gasteiger partial charge in [-0.15, -0.1) is 0 Å². The number of rotatable bonds is 13. The summed E-state index contributed by atoms with van der Waals surface area (Å²) in [6.45, 7) is 1.49. The largest absolute Gasteiger partial charge is 0.481 e. The van der Waals surface area contributed by atoms with E-state index in [2.05, 4.69) is 16.0 Å². The molecule has 0 bridgehead atoms. The van der Waals surface area contributed by atoms with Crippen LogP contribution in [0.25, 0.3) is 0 Å². The minimum absolute atomic E-state index is 0.00807. The molecule has 13 heteroatoms. The highest BCUT2D eigenvalue weighted by Crippen LogP contribution is 2.03. The average Bonchev–Trinajstić information content (AvgIpc) is 2.59. The number of amides is 2. The van der Waals surface area contributed by atoms with Gasteiger partial charge in [-0.3, -0.25) is 19.8 Å². The van der Waals surface area contributed by atoms with E-state index in [4.69, 9.17) is 22.0 Å². The van der Waals surface area contributed by atoms with E-state index < -0.39 is 54.4 Å². The minimum atomic E-state index is -1.34. The Hall–Kier alpha value is -2.93. The molecule has 0 aliphatic carbocycles. The van der Waals surface area contributed by atoms with Gasteiger partial charge in [0.15, 0.2) is 5.96 Å². The first-order valence-corrected chi connectivity index (χ1v) is 8.52. The number of hydrogen-bond donors (Lipinski definition) is 9. The maximum absolute atomic E-state index is 12.4. The van der Waals surface area contributed by atoms with Crippen molar-refractivity contribution in [3.8, 4) is 0 Å². The summed E-state index contributed by atoms with van der Waals surface area (Å²) in [5, 5.41) is 41.4. The zero-order valence-corrected chi connectivity index (χ0v) is 15.5. The van der Waals surface area contributed by atoms with Crippen LogP contribution in [0, 0.1) is 5.41 Å². The molecule has 0 fully saturated rings. The second-order valence-corrected chi connectivity index (χ2v) is 6.14. The summed E-state index contributed by atoms with van der Waals surface area (Å²) in [5.74, 6) is -4.57.